The number of benzene rings is 1. The summed E-state index contributed by atoms with van der Waals surface area (Å²) in [5.41, 5.74) is 2.18. The van der Waals surface area contributed by atoms with Crippen LogP contribution < -0.4 is 0 Å². The van der Waals surface area contributed by atoms with E-state index in [4.69, 9.17) is 0 Å². The van der Waals surface area contributed by atoms with E-state index in [-0.39, 0.29) is 5.92 Å². The highest BCUT2D eigenvalue weighted by atomic mass is 32.2. The van der Waals surface area contributed by atoms with Crippen molar-refractivity contribution in [2.75, 3.05) is 12.5 Å². The van der Waals surface area contributed by atoms with Crippen molar-refractivity contribution in [3.8, 4) is 0 Å². The zero-order chi connectivity index (χ0) is 11.5. The zero-order valence-electron chi connectivity index (χ0n) is 9.60. The molecular formula is C13H16OS2. The van der Waals surface area contributed by atoms with Crippen molar-refractivity contribution in [1.29, 1.82) is 0 Å². The number of hydrogen-bond donors (Lipinski definition) is 0. The fraction of sp³-hybridized carbons (Fsp3) is 0.462. The van der Waals surface area contributed by atoms with Gasteiger partial charge in [-0.25, -0.2) is 0 Å². The molecule has 0 aliphatic heterocycles. The predicted molar refractivity (Wildman–Crippen MR) is 73.4 cm³/mol. The number of carbonyl (C=O) groups is 1. The van der Waals surface area contributed by atoms with E-state index < -0.39 is 0 Å². The molecule has 3 heteroatoms. The first-order valence-corrected chi connectivity index (χ1v) is 8.03. The van der Waals surface area contributed by atoms with E-state index >= 15 is 0 Å². The minimum Gasteiger partial charge on any atom is -0.294 e. The minimum absolute atomic E-state index is 0.194. The molecule has 0 radical (unpaired) electrons. The Hall–Kier alpha value is -0.410. The highest BCUT2D eigenvalue weighted by Gasteiger charge is 2.32. The van der Waals surface area contributed by atoms with Gasteiger partial charge in [-0.2, -0.15) is 23.5 Å². The zero-order valence-corrected chi connectivity index (χ0v) is 11.2. The van der Waals surface area contributed by atoms with Crippen molar-refractivity contribution in [3.63, 3.8) is 0 Å². The van der Waals surface area contributed by atoms with E-state index in [0.717, 1.165) is 18.4 Å². The lowest BCUT2D eigenvalue weighted by Crippen LogP contribution is -2.29. The van der Waals surface area contributed by atoms with Gasteiger partial charge in [0.25, 0.3) is 0 Å². The molecule has 0 aromatic heterocycles. The Morgan fingerprint density at radius 3 is 2.62 bits per heavy atom. The van der Waals surface area contributed by atoms with Crippen molar-refractivity contribution in [2.24, 2.45) is 5.92 Å². The summed E-state index contributed by atoms with van der Waals surface area (Å²) >= 11 is 3.59. The van der Waals surface area contributed by atoms with Gasteiger partial charge in [0.05, 0.1) is 4.58 Å². The number of rotatable bonds is 3. The molecule has 1 atom stereocenters. The Balaban J connectivity index is 2.27. The van der Waals surface area contributed by atoms with Crippen LogP contribution >= 0.6 is 23.5 Å². The van der Waals surface area contributed by atoms with Gasteiger partial charge in [0.1, 0.15) is 0 Å². The van der Waals surface area contributed by atoms with Crippen LogP contribution in [0.1, 0.15) is 22.3 Å². The van der Waals surface area contributed by atoms with Gasteiger partial charge in [-0.3, -0.25) is 4.79 Å². The molecule has 0 saturated heterocycles. The van der Waals surface area contributed by atoms with Crippen molar-refractivity contribution < 1.29 is 4.79 Å². The summed E-state index contributed by atoms with van der Waals surface area (Å²) < 4.78 is 0.404. The van der Waals surface area contributed by atoms with Gasteiger partial charge in [-0.15, -0.1) is 0 Å². The highest BCUT2D eigenvalue weighted by molar-refractivity contribution is 8.16. The van der Waals surface area contributed by atoms with E-state index in [2.05, 4.69) is 18.6 Å². The Morgan fingerprint density at radius 2 is 1.94 bits per heavy atom. The van der Waals surface area contributed by atoms with Crippen molar-refractivity contribution >= 4 is 29.3 Å². The topological polar surface area (TPSA) is 17.1 Å². The van der Waals surface area contributed by atoms with Crippen molar-refractivity contribution in [1.82, 2.24) is 0 Å². The van der Waals surface area contributed by atoms with Crippen LogP contribution in [0.25, 0.3) is 0 Å². The summed E-state index contributed by atoms with van der Waals surface area (Å²) in [5, 5.41) is 0. The standard InChI is InChI=1S/C13H16OS2/c1-15-13(16-2)11-8-7-9-5-3-4-6-10(9)12(11)14/h3-6,11,13H,7-8H2,1-2H3. The lowest BCUT2D eigenvalue weighted by molar-refractivity contribution is 0.0912. The summed E-state index contributed by atoms with van der Waals surface area (Å²) in [6, 6.07) is 8.04. The maximum absolute atomic E-state index is 12.3. The van der Waals surface area contributed by atoms with Crippen molar-refractivity contribution in [3.05, 3.63) is 35.4 Å². The maximum atomic E-state index is 12.3. The van der Waals surface area contributed by atoms with Crippen LogP contribution in [0.5, 0.6) is 0 Å². The van der Waals surface area contributed by atoms with Crippen LogP contribution in [0, 0.1) is 5.92 Å². The van der Waals surface area contributed by atoms with Crippen LogP contribution in [0.3, 0.4) is 0 Å². The molecule has 1 aromatic rings. The molecule has 0 N–H and O–H groups in total. The molecule has 2 rings (SSSR count). The number of ketones is 1. The van der Waals surface area contributed by atoms with Gasteiger partial charge in [-0.05, 0) is 30.9 Å². The molecule has 1 aliphatic carbocycles. The largest absolute Gasteiger partial charge is 0.294 e. The second kappa shape index (κ2) is 5.28. The Bertz CT molecular complexity index is 385. The average molecular weight is 252 g/mol. The van der Waals surface area contributed by atoms with Gasteiger partial charge in [0.2, 0.25) is 0 Å². The maximum Gasteiger partial charge on any atom is 0.168 e. The van der Waals surface area contributed by atoms with Crippen LogP contribution in [0.2, 0.25) is 0 Å². The molecule has 1 nitrogen and oxygen atoms in total. The second-order valence-electron chi connectivity index (χ2n) is 4.01. The summed E-state index contributed by atoms with van der Waals surface area (Å²) in [7, 11) is 0. The summed E-state index contributed by atoms with van der Waals surface area (Å²) in [5.74, 6) is 0.537. The van der Waals surface area contributed by atoms with Crippen molar-refractivity contribution in [2.45, 2.75) is 17.4 Å². The van der Waals surface area contributed by atoms with E-state index in [9.17, 15) is 4.79 Å². The van der Waals surface area contributed by atoms with Gasteiger partial charge in [0, 0.05) is 11.5 Å². The minimum atomic E-state index is 0.194. The fourth-order valence-corrected chi connectivity index (χ4v) is 4.25. The molecule has 0 spiro atoms. The average Bonchev–Trinajstić information content (AvgIpc) is 2.34. The number of aryl methyl sites for hydroxylation is 1. The first kappa shape index (κ1) is 12.1. The number of fused-ring (bicyclic) bond motifs is 1. The van der Waals surface area contributed by atoms with Gasteiger partial charge >= 0.3 is 0 Å². The van der Waals surface area contributed by atoms with E-state index in [1.807, 2.05) is 18.2 Å². The lowest BCUT2D eigenvalue weighted by atomic mass is 9.84. The molecule has 1 aromatic carbocycles. The quantitative estimate of drug-likeness (QED) is 0.767. The predicted octanol–water partition coefficient (Wildman–Crippen LogP) is 3.48. The number of carbonyl (C=O) groups excluding carboxylic acids is 1. The molecular weight excluding hydrogens is 236 g/mol. The molecule has 0 fully saturated rings. The van der Waals surface area contributed by atoms with E-state index in [1.165, 1.54) is 5.56 Å². The Kier molecular flexibility index (Phi) is 3.98. The summed E-state index contributed by atoms with van der Waals surface area (Å²) in [6.45, 7) is 0. The SMILES string of the molecule is CSC(SC)C1CCc2ccccc2C1=O. The highest BCUT2D eigenvalue weighted by Crippen LogP contribution is 2.36. The normalized spacial score (nSPS) is 19.9. The first-order valence-electron chi connectivity index (χ1n) is 5.45. The Morgan fingerprint density at radius 1 is 1.25 bits per heavy atom. The van der Waals surface area contributed by atoms with Crippen LogP contribution in [0.4, 0.5) is 0 Å². The Labute approximate surface area is 105 Å². The molecule has 1 aliphatic rings. The monoisotopic (exact) mass is 252 g/mol. The van der Waals surface area contributed by atoms with Gasteiger partial charge in [-0.1, -0.05) is 24.3 Å². The third-order valence-corrected chi connectivity index (χ3v) is 5.88. The molecule has 0 amide bonds. The summed E-state index contributed by atoms with van der Waals surface area (Å²) in [4.78, 5) is 12.3. The van der Waals surface area contributed by atoms with Crippen LogP contribution in [-0.4, -0.2) is 22.9 Å². The third kappa shape index (κ3) is 2.16. The summed E-state index contributed by atoms with van der Waals surface area (Å²) in [6.07, 6.45) is 6.23. The lowest BCUT2D eigenvalue weighted by Gasteiger charge is -2.28. The fourth-order valence-electron chi connectivity index (χ4n) is 2.30. The van der Waals surface area contributed by atoms with Gasteiger partial charge in [0.15, 0.2) is 5.78 Å². The molecule has 0 bridgehead atoms. The molecule has 0 heterocycles. The second-order valence-corrected chi connectivity index (χ2v) is 6.26. The molecule has 0 saturated carbocycles. The smallest absolute Gasteiger partial charge is 0.168 e. The van der Waals surface area contributed by atoms with E-state index in [0.29, 0.717) is 10.4 Å². The molecule has 86 valence electrons. The van der Waals surface area contributed by atoms with E-state index in [1.54, 1.807) is 23.5 Å². The molecule has 1 unspecified atom stereocenters. The number of Topliss-reactive ketones (excluding diaryl/α,β-unsaturated/α-hetero) is 1. The third-order valence-electron chi connectivity index (χ3n) is 3.14. The number of thioether (sulfide) groups is 2. The van der Waals surface area contributed by atoms with Crippen LogP contribution in [-0.2, 0) is 6.42 Å². The number of hydrogen-bond acceptors (Lipinski definition) is 3. The van der Waals surface area contributed by atoms with Gasteiger partial charge < -0.3 is 0 Å². The molecule has 16 heavy (non-hydrogen) atoms. The van der Waals surface area contributed by atoms with Crippen LogP contribution in [0.15, 0.2) is 24.3 Å². The first-order chi connectivity index (χ1) is 7.77.